The number of carbonyl (C=O) groups is 2. The minimum Gasteiger partial charge on any atom is -0.375 e. The van der Waals surface area contributed by atoms with E-state index in [0.29, 0.717) is 17.2 Å². The Morgan fingerprint density at radius 1 is 1.14 bits per heavy atom. The molecule has 1 aliphatic carbocycles. The number of carbonyl (C=O) groups excluding carboxylic acids is 2. The first-order chi connectivity index (χ1) is 17.0. The summed E-state index contributed by atoms with van der Waals surface area (Å²) >= 11 is 0. The SMILES string of the molecule is COCC(=O)Nc1cc(C(=O)NC2CCN(Cc3ccccc3)C2)c2c(c1)nc(C1CCC1)n2C. The number of methoxy groups -OCH3 is 1. The molecule has 8 heteroatoms. The van der Waals surface area contributed by atoms with Gasteiger partial charge in [0.05, 0.1) is 16.6 Å². The number of benzene rings is 2. The Labute approximate surface area is 205 Å². The lowest BCUT2D eigenvalue weighted by molar-refractivity contribution is -0.119. The van der Waals surface area contributed by atoms with Gasteiger partial charge in [-0.25, -0.2) is 4.98 Å². The number of aryl methyl sites for hydroxylation is 1. The van der Waals surface area contributed by atoms with Crippen molar-refractivity contribution >= 4 is 28.5 Å². The van der Waals surface area contributed by atoms with Crippen molar-refractivity contribution in [3.63, 3.8) is 0 Å². The first kappa shape index (κ1) is 23.5. The summed E-state index contributed by atoms with van der Waals surface area (Å²) in [6.45, 7) is 2.59. The molecule has 35 heavy (non-hydrogen) atoms. The van der Waals surface area contributed by atoms with E-state index in [9.17, 15) is 9.59 Å². The number of nitrogens with zero attached hydrogens (tertiary/aromatic N) is 3. The van der Waals surface area contributed by atoms with Gasteiger partial charge < -0.3 is 19.9 Å². The van der Waals surface area contributed by atoms with Crippen LogP contribution in [-0.4, -0.2) is 59.1 Å². The summed E-state index contributed by atoms with van der Waals surface area (Å²) in [4.78, 5) is 33.0. The fourth-order valence-electron chi connectivity index (χ4n) is 5.17. The number of aromatic nitrogens is 2. The zero-order chi connectivity index (χ0) is 24.4. The van der Waals surface area contributed by atoms with E-state index >= 15 is 0 Å². The number of amides is 2. The van der Waals surface area contributed by atoms with Crippen LogP contribution in [0.3, 0.4) is 0 Å². The lowest BCUT2D eigenvalue weighted by atomic mass is 9.85. The Morgan fingerprint density at radius 3 is 2.66 bits per heavy atom. The number of nitrogens with one attached hydrogen (secondary N) is 2. The van der Waals surface area contributed by atoms with Gasteiger partial charge in [0, 0.05) is 51.4 Å². The van der Waals surface area contributed by atoms with E-state index in [-0.39, 0.29) is 24.5 Å². The molecule has 0 radical (unpaired) electrons. The topological polar surface area (TPSA) is 88.5 Å². The molecule has 0 spiro atoms. The molecule has 2 aliphatic rings. The predicted octanol–water partition coefficient (Wildman–Crippen LogP) is 3.43. The minimum absolute atomic E-state index is 0.0472. The second kappa shape index (κ2) is 10.2. The molecule has 2 aromatic carbocycles. The van der Waals surface area contributed by atoms with E-state index < -0.39 is 0 Å². The van der Waals surface area contributed by atoms with Gasteiger partial charge in [-0.1, -0.05) is 36.8 Å². The molecule has 2 heterocycles. The third-order valence-electron chi connectivity index (χ3n) is 7.13. The molecule has 2 N–H and O–H groups in total. The minimum atomic E-state index is -0.263. The van der Waals surface area contributed by atoms with E-state index in [0.717, 1.165) is 55.8 Å². The maximum atomic E-state index is 13.6. The number of ether oxygens (including phenoxy) is 1. The van der Waals surface area contributed by atoms with Crippen LogP contribution in [0.5, 0.6) is 0 Å². The Bertz CT molecular complexity index is 1220. The van der Waals surface area contributed by atoms with Crippen LogP contribution in [0.15, 0.2) is 42.5 Å². The zero-order valence-electron chi connectivity index (χ0n) is 20.4. The Morgan fingerprint density at radius 2 is 1.94 bits per heavy atom. The van der Waals surface area contributed by atoms with Crippen LogP contribution in [0.1, 0.15) is 53.3 Å². The van der Waals surface area contributed by atoms with Crippen LogP contribution >= 0.6 is 0 Å². The normalized spacial score (nSPS) is 18.5. The van der Waals surface area contributed by atoms with Crippen molar-refractivity contribution in [2.45, 2.75) is 44.2 Å². The molecule has 1 saturated heterocycles. The number of hydrogen-bond acceptors (Lipinski definition) is 5. The highest BCUT2D eigenvalue weighted by molar-refractivity contribution is 6.08. The molecular formula is C27H33N5O3. The van der Waals surface area contributed by atoms with Gasteiger partial charge in [-0.3, -0.25) is 14.5 Å². The smallest absolute Gasteiger partial charge is 0.253 e. The summed E-state index contributed by atoms with van der Waals surface area (Å²) in [5, 5.41) is 6.09. The fraction of sp³-hybridized carbons (Fsp3) is 0.444. The third-order valence-corrected chi connectivity index (χ3v) is 7.13. The number of rotatable bonds is 8. The predicted molar refractivity (Wildman–Crippen MR) is 135 cm³/mol. The van der Waals surface area contributed by atoms with E-state index in [2.05, 4.69) is 44.4 Å². The summed E-state index contributed by atoms with van der Waals surface area (Å²) in [5.74, 6) is 1.04. The van der Waals surface area contributed by atoms with Crippen LogP contribution in [0.25, 0.3) is 11.0 Å². The van der Waals surface area contributed by atoms with E-state index in [1.54, 1.807) is 6.07 Å². The van der Waals surface area contributed by atoms with Crippen molar-refractivity contribution in [1.82, 2.24) is 19.8 Å². The van der Waals surface area contributed by atoms with Crippen LogP contribution in [-0.2, 0) is 23.1 Å². The number of anilines is 1. The average molecular weight is 476 g/mol. The van der Waals surface area contributed by atoms with Crippen LogP contribution in [0, 0.1) is 0 Å². The van der Waals surface area contributed by atoms with Crippen LogP contribution < -0.4 is 10.6 Å². The molecule has 2 amide bonds. The molecular weight excluding hydrogens is 442 g/mol. The second-order valence-electron chi connectivity index (χ2n) is 9.71. The van der Waals surface area contributed by atoms with Crippen molar-refractivity contribution < 1.29 is 14.3 Å². The largest absolute Gasteiger partial charge is 0.375 e. The molecule has 1 unspecified atom stereocenters. The number of fused-ring (bicyclic) bond motifs is 1. The van der Waals surface area contributed by atoms with Gasteiger partial charge in [0.1, 0.15) is 12.4 Å². The van der Waals surface area contributed by atoms with E-state index in [4.69, 9.17) is 9.72 Å². The summed E-state index contributed by atoms with van der Waals surface area (Å²) in [6.07, 6.45) is 4.36. The van der Waals surface area contributed by atoms with Crippen molar-refractivity contribution in [2.24, 2.45) is 7.05 Å². The first-order valence-corrected chi connectivity index (χ1v) is 12.4. The average Bonchev–Trinajstić information content (AvgIpc) is 3.37. The molecule has 1 saturated carbocycles. The highest BCUT2D eigenvalue weighted by atomic mass is 16.5. The molecule has 0 bridgehead atoms. The zero-order valence-corrected chi connectivity index (χ0v) is 20.4. The quantitative estimate of drug-likeness (QED) is 0.521. The van der Waals surface area contributed by atoms with Crippen molar-refractivity contribution in [2.75, 3.05) is 32.1 Å². The molecule has 2 fully saturated rings. The fourth-order valence-corrected chi connectivity index (χ4v) is 5.17. The summed E-state index contributed by atoms with van der Waals surface area (Å²) < 4.78 is 7.00. The Kier molecular flexibility index (Phi) is 6.83. The number of imidazole rings is 1. The Balaban J connectivity index is 1.37. The van der Waals surface area contributed by atoms with Crippen molar-refractivity contribution in [3.05, 3.63) is 59.4 Å². The van der Waals surface area contributed by atoms with Crippen molar-refractivity contribution in [3.8, 4) is 0 Å². The molecule has 1 aromatic heterocycles. The maximum absolute atomic E-state index is 13.6. The molecule has 1 atom stereocenters. The molecule has 5 rings (SSSR count). The van der Waals surface area contributed by atoms with E-state index in [1.165, 1.54) is 19.1 Å². The third kappa shape index (κ3) is 5.09. The monoisotopic (exact) mass is 475 g/mol. The summed E-state index contributed by atoms with van der Waals surface area (Å²) in [7, 11) is 3.47. The summed E-state index contributed by atoms with van der Waals surface area (Å²) in [6, 6.07) is 14.1. The molecule has 1 aliphatic heterocycles. The van der Waals surface area contributed by atoms with Gasteiger partial charge >= 0.3 is 0 Å². The standard InChI is InChI=1S/C27H33N5O3/c1-31-25-22(27(34)29-20-11-12-32(16-20)15-18-7-4-3-5-8-18)13-21(28-24(33)17-35-2)14-23(25)30-26(31)19-9-6-10-19/h3-5,7-8,13-14,19-20H,6,9-12,15-17H2,1-2H3,(H,28,33)(H,29,34). The van der Waals surface area contributed by atoms with Gasteiger partial charge in [0.25, 0.3) is 5.91 Å². The van der Waals surface area contributed by atoms with Gasteiger partial charge in [0.2, 0.25) is 5.91 Å². The molecule has 8 nitrogen and oxygen atoms in total. The van der Waals surface area contributed by atoms with Gasteiger partial charge in [-0.2, -0.15) is 0 Å². The second-order valence-corrected chi connectivity index (χ2v) is 9.71. The molecule has 184 valence electrons. The lowest BCUT2D eigenvalue weighted by Gasteiger charge is -2.24. The lowest BCUT2D eigenvalue weighted by Crippen LogP contribution is -2.37. The van der Waals surface area contributed by atoms with Gasteiger partial charge in [-0.05, 0) is 37.0 Å². The van der Waals surface area contributed by atoms with Crippen molar-refractivity contribution in [1.29, 1.82) is 0 Å². The highest BCUT2D eigenvalue weighted by Gasteiger charge is 2.29. The number of likely N-dealkylation sites (tertiary alicyclic amines) is 1. The van der Waals surface area contributed by atoms with E-state index in [1.807, 2.05) is 19.2 Å². The number of hydrogen-bond donors (Lipinski definition) is 2. The summed E-state index contributed by atoms with van der Waals surface area (Å²) in [5.41, 5.74) is 3.91. The van der Waals surface area contributed by atoms with Gasteiger partial charge in [0.15, 0.2) is 0 Å². The maximum Gasteiger partial charge on any atom is 0.253 e. The van der Waals surface area contributed by atoms with Crippen LogP contribution in [0.4, 0.5) is 5.69 Å². The highest BCUT2D eigenvalue weighted by Crippen LogP contribution is 2.38. The van der Waals surface area contributed by atoms with Gasteiger partial charge in [-0.15, -0.1) is 0 Å². The Hall–Kier alpha value is -3.23. The first-order valence-electron chi connectivity index (χ1n) is 12.4. The van der Waals surface area contributed by atoms with Crippen LogP contribution in [0.2, 0.25) is 0 Å². The molecule has 3 aromatic rings.